The summed E-state index contributed by atoms with van der Waals surface area (Å²) in [6.45, 7) is 6.98. The highest BCUT2D eigenvalue weighted by atomic mass is 16.3. The normalized spacial score (nSPS) is 28.7. The van der Waals surface area contributed by atoms with Crippen LogP contribution in [0.5, 0.6) is 5.75 Å². The van der Waals surface area contributed by atoms with Crippen LogP contribution in [0.25, 0.3) is 5.76 Å². The molecule has 1 aromatic rings. The van der Waals surface area contributed by atoms with Gasteiger partial charge in [-0.05, 0) is 81.3 Å². The Morgan fingerprint density at radius 1 is 1.12 bits per heavy atom. The van der Waals surface area contributed by atoms with Gasteiger partial charge in [-0.1, -0.05) is 13.8 Å². The third kappa shape index (κ3) is 4.46. The molecule has 1 heterocycles. The Balaban J connectivity index is 1.64. The van der Waals surface area contributed by atoms with E-state index in [0.29, 0.717) is 12.1 Å². The van der Waals surface area contributed by atoms with Gasteiger partial charge in [0.1, 0.15) is 22.8 Å². The van der Waals surface area contributed by atoms with Crippen molar-refractivity contribution in [2.24, 2.45) is 23.0 Å². The average molecular weight is 597 g/mol. The van der Waals surface area contributed by atoms with Crippen LogP contribution in [-0.4, -0.2) is 101 Å². The zero-order valence-electron chi connectivity index (χ0n) is 25.9. The number of aromatic hydroxyl groups is 1. The Hall–Kier alpha value is -3.41. The van der Waals surface area contributed by atoms with Crippen molar-refractivity contribution in [2.75, 3.05) is 46.2 Å². The summed E-state index contributed by atoms with van der Waals surface area (Å²) in [5.41, 5.74) is 4.62. The highest BCUT2D eigenvalue weighted by Crippen LogP contribution is 2.54. The van der Waals surface area contributed by atoms with Crippen molar-refractivity contribution < 1.29 is 34.8 Å². The van der Waals surface area contributed by atoms with Crippen molar-refractivity contribution in [3.63, 3.8) is 0 Å². The van der Waals surface area contributed by atoms with Gasteiger partial charge in [0.25, 0.3) is 5.91 Å². The maximum atomic E-state index is 14.1. The summed E-state index contributed by atoms with van der Waals surface area (Å²) in [5, 5.41) is 45.8. The second-order valence-electron chi connectivity index (χ2n) is 13.3. The first-order valence-electron chi connectivity index (χ1n) is 15.1. The van der Waals surface area contributed by atoms with E-state index < -0.39 is 58.0 Å². The molecule has 43 heavy (non-hydrogen) atoms. The Labute approximate surface area is 252 Å². The maximum absolute atomic E-state index is 14.1. The zero-order chi connectivity index (χ0) is 31.8. The van der Waals surface area contributed by atoms with Crippen LogP contribution in [0.4, 0.5) is 5.69 Å². The molecule has 0 aromatic heterocycles. The Morgan fingerprint density at radius 2 is 1.77 bits per heavy atom. The molecule has 1 aliphatic heterocycles. The quantitative estimate of drug-likeness (QED) is 0.294. The SMILES string of the molecule is CCC1(CC)CCN(Cc2cc(O)c3c(c2N(C)C)C[C@H]2C[C@H]4[C@H](N(C)C)C(=O)C(C(N)=O)=C(O)[C@@]4(O)C(=O)C2=C3O)C1. The van der Waals surface area contributed by atoms with Crippen LogP contribution in [0, 0.1) is 17.3 Å². The first-order valence-corrected chi connectivity index (χ1v) is 15.1. The van der Waals surface area contributed by atoms with E-state index in [-0.39, 0.29) is 35.1 Å². The number of phenols is 1. The lowest BCUT2D eigenvalue weighted by Crippen LogP contribution is -2.65. The molecule has 11 heteroatoms. The van der Waals surface area contributed by atoms with Crippen LogP contribution in [0.2, 0.25) is 0 Å². The summed E-state index contributed by atoms with van der Waals surface area (Å²) in [6.07, 6.45) is 3.63. The van der Waals surface area contributed by atoms with Crippen LogP contribution in [0.1, 0.15) is 56.2 Å². The average Bonchev–Trinajstić information content (AvgIpc) is 3.33. The second-order valence-corrected chi connectivity index (χ2v) is 13.3. The number of carbonyl (C=O) groups excluding carboxylic acids is 3. The van der Waals surface area contributed by atoms with Gasteiger partial charge < -0.3 is 31.1 Å². The molecule has 0 spiro atoms. The molecule has 1 aromatic carbocycles. The lowest BCUT2D eigenvalue weighted by molar-refractivity contribution is -0.153. The molecule has 1 amide bonds. The highest BCUT2D eigenvalue weighted by Gasteiger charge is 2.64. The predicted octanol–water partition coefficient (Wildman–Crippen LogP) is 2.04. The number of fused-ring (bicyclic) bond motifs is 3. The number of likely N-dealkylation sites (N-methyl/N-ethyl adjacent to an activating group) is 1. The molecule has 5 rings (SSSR count). The number of rotatable bonds is 7. The lowest BCUT2D eigenvalue weighted by atomic mass is 9.57. The number of nitrogens with two attached hydrogens (primary N) is 1. The van der Waals surface area contributed by atoms with Crippen LogP contribution < -0.4 is 10.6 Å². The molecule has 1 saturated carbocycles. The number of aliphatic hydroxyl groups excluding tert-OH is 2. The molecule has 3 aliphatic carbocycles. The number of phenolic OH excluding ortho intramolecular Hbond substituents is 1. The Morgan fingerprint density at radius 3 is 2.30 bits per heavy atom. The van der Waals surface area contributed by atoms with Gasteiger partial charge in [-0.25, -0.2) is 0 Å². The van der Waals surface area contributed by atoms with E-state index in [1.54, 1.807) is 20.2 Å². The van der Waals surface area contributed by atoms with Crippen LogP contribution in [0.3, 0.4) is 0 Å². The van der Waals surface area contributed by atoms with E-state index in [0.717, 1.165) is 43.6 Å². The number of hydrogen-bond donors (Lipinski definition) is 5. The first-order chi connectivity index (χ1) is 20.1. The summed E-state index contributed by atoms with van der Waals surface area (Å²) in [4.78, 5) is 45.5. The molecular weight excluding hydrogens is 552 g/mol. The molecule has 6 N–H and O–H groups in total. The topological polar surface area (TPSA) is 168 Å². The molecule has 0 radical (unpaired) electrons. The molecule has 0 unspecified atom stereocenters. The molecule has 0 bridgehead atoms. The van der Waals surface area contributed by atoms with Gasteiger partial charge in [-0.2, -0.15) is 0 Å². The minimum Gasteiger partial charge on any atom is -0.508 e. The minimum atomic E-state index is -2.65. The minimum absolute atomic E-state index is 0.0608. The van der Waals surface area contributed by atoms with Crippen LogP contribution in [0.15, 0.2) is 23.0 Å². The summed E-state index contributed by atoms with van der Waals surface area (Å²) >= 11 is 0. The highest BCUT2D eigenvalue weighted by molar-refractivity contribution is 6.24. The monoisotopic (exact) mass is 596 g/mol. The zero-order valence-corrected chi connectivity index (χ0v) is 25.9. The molecule has 1 saturated heterocycles. The number of hydrogen-bond acceptors (Lipinski definition) is 10. The molecule has 4 aliphatic rings. The van der Waals surface area contributed by atoms with Gasteiger partial charge in [0.15, 0.2) is 11.4 Å². The van der Waals surface area contributed by atoms with E-state index in [9.17, 15) is 34.8 Å². The largest absolute Gasteiger partial charge is 0.508 e. The van der Waals surface area contributed by atoms with Gasteiger partial charge >= 0.3 is 0 Å². The van der Waals surface area contributed by atoms with Crippen molar-refractivity contribution in [1.82, 2.24) is 9.80 Å². The predicted molar refractivity (Wildman–Crippen MR) is 161 cm³/mol. The fourth-order valence-corrected chi connectivity index (χ4v) is 8.28. The number of benzene rings is 1. The number of primary amides is 1. The molecule has 4 atom stereocenters. The van der Waals surface area contributed by atoms with E-state index in [1.165, 1.54) is 4.90 Å². The van der Waals surface area contributed by atoms with Gasteiger partial charge in [-0.15, -0.1) is 0 Å². The van der Waals surface area contributed by atoms with Crippen LogP contribution >= 0.6 is 0 Å². The van der Waals surface area contributed by atoms with Crippen molar-refractivity contribution >= 4 is 28.9 Å². The Bertz CT molecular complexity index is 1460. The van der Waals surface area contributed by atoms with E-state index in [4.69, 9.17) is 5.73 Å². The smallest absolute Gasteiger partial charge is 0.255 e. The number of nitrogens with zero attached hydrogens (tertiary/aromatic N) is 3. The lowest BCUT2D eigenvalue weighted by Gasteiger charge is -2.50. The molecule has 2 fully saturated rings. The van der Waals surface area contributed by atoms with Gasteiger partial charge in [0.2, 0.25) is 5.78 Å². The van der Waals surface area contributed by atoms with Gasteiger partial charge in [0.05, 0.1) is 11.6 Å². The first kappa shape index (κ1) is 31.0. The molecular formula is C32H44N4O7. The van der Waals surface area contributed by atoms with Crippen LogP contribution in [-0.2, 0) is 27.3 Å². The van der Waals surface area contributed by atoms with Crippen molar-refractivity contribution in [2.45, 2.75) is 64.1 Å². The van der Waals surface area contributed by atoms with E-state index in [1.807, 2.05) is 19.0 Å². The number of carbonyl (C=O) groups is 3. The maximum Gasteiger partial charge on any atom is 0.255 e. The molecule has 234 valence electrons. The number of amides is 1. The number of Topliss-reactive ketones (excluding diaryl/α,β-unsaturated/α-hetero) is 2. The van der Waals surface area contributed by atoms with Gasteiger partial charge in [0, 0.05) is 44.4 Å². The number of ketones is 2. The van der Waals surface area contributed by atoms with Gasteiger partial charge in [-0.3, -0.25) is 24.2 Å². The molecule has 11 nitrogen and oxygen atoms in total. The number of likely N-dealkylation sites (tertiary alicyclic amines) is 1. The fourth-order valence-electron chi connectivity index (χ4n) is 8.28. The second kappa shape index (κ2) is 10.6. The summed E-state index contributed by atoms with van der Waals surface area (Å²) in [5.74, 6) is -6.48. The standard InChI is InChI=1S/C32H44N4O7/c1-7-31(8-2)9-10-36(15-31)14-17-13-20(37)22-18(24(17)34(3)4)11-16-12-19-25(35(5)6)27(39)23(30(33)42)29(41)32(19,43)28(40)21(16)26(22)38/h13,16,19,25,37-38,41,43H,7-12,14-15H2,1-6H3,(H2,33,42)/t16-,19-,25-,32-/m0/s1. The number of aliphatic hydroxyl groups is 3. The fraction of sp³-hybridized carbons (Fsp3) is 0.594. The van der Waals surface area contributed by atoms with Crippen molar-refractivity contribution in [3.8, 4) is 5.75 Å². The van der Waals surface area contributed by atoms with E-state index >= 15 is 0 Å². The van der Waals surface area contributed by atoms with Crippen molar-refractivity contribution in [1.29, 1.82) is 0 Å². The van der Waals surface area contributed by atoms with E-state index in [2.05, 4.69) is 18.7 Å². The summed E-state index contributed by atoms with van der Waals surface area (Å²) in [7, 11) is 6.98. The van der Waals surface area contributed by atoms with Crippen molar-refractivity contribution in [3.05, 3.63) is 39.7 Å². The number of anilines is 1. The summed E-state index contributed by atoms with van der Waals surface area (Å²) in [6, 6.07) is 0.524. The third-order valence-electron chi connectivity index (χ3n) is 10.6. The summed E-state index contributed by atoms with van der Waals surface area (Å²) < 4.78 is 0. The Kier molecular flexibility index (Phi) is 7.68. The third-order valence-corrected chi connectivity index (χ3v) is 10.6.